The van der Waals surface area contributed by atoms with E-state index >= 15 is 0 Å². The monoisotopic (exact) mass is 172 g/mol. The van der Waals surface area contributed by atoms with Crippen molar-refractivity contribution < 1.29 is 4.79 Å². The average molecular weight is 173 g/mol. The number of hydrogen-bond donors (Lipinski definition) is 0. The Morgan fingerprint density at radius 2 is 2.40 bits per heavy atom. The van der Waals surface area contributed by atoms with Crippen LogP contribution in [0.1, 0.15) is 6.42 Å². The molecule has 0 saturated carbocycles. The van der Waals surface area contributed by atoms with Gasteiger partial charge in [0.15, 0.2) is 0 Å². The van der Waals surface area contributed by atoms with Gasteiger partial charge in [-0.3, -0.25) is 4.79 Å². The highest BCUT2D eigenvalue weighted by molar-refractivity contribution is 7.81. The van der Waals surface area contributed by atoms with Gasteiger partial charge in [-0.15, -0.1) is 0 Å². The molecule has 10 heavy (non-hydrogen) atoms. The van der Waals surface area contributed by atoms with E-state index in [1.165, 1.54) is 0 Å². The van der Waals surface area contributed by atoms with Crippen LogP contribution in [0.15, 0.2) is 23.8 Å². The van der Waals surface area contributed by atoms with Gasteiger partial charge in [0, 0.05) is 16.9 Å². The summed E-state index contributed by atoms with van der Waals surface area (Å²) in [5, 5.41) is -0.464. The lowest BCUT2D eigenvalue weighted by Crippen LogP contribution is -2.06. The molecule has 1 aliphatic carbocycles. The van der Waals surface area contributed by atoms with Crippen LogP contribution in [0.3, 0.4) is 0 Å². The first-order valence-corrected chi connectivity index (χ1v) is 3.60. The minimum Gasteiger partial charge on any atom is -0.276 e. The van der Waals surface area contributed by atoms with Gasteiger partial charge in [-0.25, -0.2) is 0 Å². The molecule has 0 amide bonds. The van der Waals surface area contributed by atoms with Crippen molar-refractivity contribution in [2.24, 2.45) is 0 Å². The number of rotatable bonds is 1. The van der Waals surface area contributed by atoms with Gasteiger partial charge in [-0.1, -0.05) is 24.4 Å². The summed E-state index contributed by atoms with van der Waals surface area (Å²) in [6, 6.07) is 0. The summed E-state index contributed by atoms with van der Waals surface area (Å²) in [6.07, 6.45) is 5.97. The van der Waals surface area contributed by atoms with Crippen molar-refractivity contribution >= 4 is 33.9 Å². The molecule has 3 heteroatoms. The van der Waals surface area contributed by atoms with Gasteiger partial charge in [0.1, 0.15) is 0 Å². The van der Waals surface area contributed by atoms with Gasteiger partial charge in [0.2, 0.25) is 0 Å². The van der Waals surface area contributed by atoms with Crippen LogP contribution in [0.5, 0.6) is 0 Å². The van der Waals surface area contributed by atoms with Gasteiger partial charge < -0.3 is 0 Å². The zero-order valence-electron chi connectivity index (χ0n) is 5.13. The quantitative estimate of drug-likeness (QED) is 0.445. The second-order valence-electron chi connectivity index (χ2n) is 1.91. The fraction of sp³-hybridized carbons (Fsp3) is 0.143. The van der Waals surface area contributed by atoms with Gasteiger partial charge >= 0.3 is 0 Å². The molecule has 0 aliphatic heterocycles. The van der Waals surface area contributed by atoms with Crippen molar-refractivity contribution in [1.29, 1.82) is 0 Å². The lowest BCUT2D eigenvalue weighted by molar-refractivity contribution is -0.108. The van der Waals surface area contributed by atoms with Gasteiger partial charge in [0.05, 0.1) is 0 Å². The summed E-state index contributed by atoms with van der Waals surface area (Å²) in [5.41, 5.74) is 0.458. The van der Waals surface area contributed by atoms with Crippen molar-refractivity contribution in [3.8, 4) is 0 Å². The number of carbonyl (C=O) groups excluding carboxylic acids is 1. The molecule has 0 fully saturated rings. The van der Waals surface area contributed by atoms with Crippen LogP contribution >= 0.6 is 23.8 Å². The molecule has 1 nitrogen and oxygen atoms in total. The van der Waals surface area contributed by atoms with Gasteiger partial charge in [-0.2, -0.15) is 0 Å². The van der Waals surface area contributed by atoms with Crippen molar-refractivity contribution in [3.63, 3.8) is 0 Å². The highest BCUT2D eigenvalue weighted by Gasteiger charge is 2.11. The largest absolute Gasteiger partial charge is 0.276 e. The Morgan fingerprint density at radius 3 is 2.80 bits per heavy atom. The number of allylic oxidation sites excluding steroid dienone is 4. The molecule has 0 heterocycles. The molecule has 0 radical (unpaired) electrons. The minimum atomic E-state index is -0.464. The molecule has 0 atom stereocenters. The summed E-state index contributed by atoms with van der Waals surface area (Å²) in [6.45, 7) is 0. The Bertz CT molecular complexity index is 240. The molecule has 0 aromatic carbocycles. The van der Waals surface area contributed by atoms with Crippen LogP contribution < -0.4 is 0 Å². The fourth-order valence-electron chi connectivity index (χ4n) is 0.717. The Labute approximate surface area is 69.4 Å². The molecular weight excluding hydrogens is 168 g/mol. The lowest BCUT2D eigenvalue weighted by Gasteiger charge is -2.03. The summed E-state index contributed by atoms with van der Waals surface area (Å²) < 4.78 is 0. The van der Waals surface area contributed by atoms with Gasteiger partial charge in [-0.05, 0) is 17.7 Å². The van der Waals surface area contributed by atoms with E-state index in [0.29, 0.717) is 16.9 Å². The lowest BCUT2D eigenvalue weighted by atomic mass is 10.1. The van der Waals surface area contributed by atoms with Crippen LogP contribution in [-0.4, -0.2) is 10.1 Å². The molecule has 1 aliphatic rings. The maximum Gasteiger partial charge on any atom is 0.253 e. The summed E-state index contributed by atoms with van der Waals surface area (Å²) in [7, 11) is 0. The summed E-state index contributed by atoms with van der Waals surface area (Å²) in [5.74, 6) is 0. The first-order chi connectivity index (χ1) is 4.72. The number of hydrogen-bond acceptors (Lipinski definition) is 2. The number of carbonyl (C=O) groups is 1. The highest BCUT2D eigenvalue weighted by Crippen LogP contribution is 2.12. The maximum absolute atomic E-state index is 10.6. The molecule has 0 aromatic rings. The van der Waals surface area contributed by atoms with E-state index in [2.05, 4.69) is 0 Å². The summed E-state index contributed by atoms with van der Waals surface area (Å²) >= 11 is 10.1. The minimum absolute atomic E-state index is 0.458. The third kappa shape index (κ3) is 1.52. The Hall–Kier alpha value is -0.470. The SMILES string of the molecule is O=C(Cl)C1=CC=CCC1=S. The molecule has 0 bridgehead atoms. The summed E-state index contributed by atoms with van der Waals surface area (Å²) in [4.78, 5) is 11.2. The van der Waals surface area contributed by atoms with E-state index in [4.69, 9.17) is 23.8 Å². The van der Waals surface area contributed by atoms with Crippen LogP contribution in [-0.2, 0) is 4.79 Å². The van der Waals surface area contributed by atoms with Crippen LogP contribution in [0.2, 0.25) is 0 Å². The molecule has 0 aromatic heterocycles. The van der Waals surface area contributed by atoms with E-state index in [0.717, 1.165) is 0 Å². The third-order valence-corrected chi connectivity index (χ3v) is 1.80. The second-order valence-corrected chi connectivity index (χ2v) is 2.75. The van der Waals surface area contributed by atoms with Crippen molar-refractivity contribution in [2.75, 3.05) is 0 Å². The average Bonchev–Trinajstić information content (AvgIpc) is 1.88. The van der Waals surface area contributed by atoms with Crippen LogP contribution in [0, 0.1) is 0 Å². The van der Waals surface area contributed by atoms with E-state index < -0.39 is 5.24 Å². The van der Waals surface area contributed by atoms with E-state index in [-0.39, 0.29) is 0 Å². The topological polar surface area (TPSA) is 17.1 Å². The van der Waals surface area contributed by atoms with Crippen LogP contribution in [0.4, 0.5) is 0 Å². The van der Waals surface area contributed by atoms with Crippen LogP contribution in [0.25, 0.3) is 0 Å². The van der Waals surface area contributed by atoms with E-state index in [1.807, 2.05) is 6.08 Å². The van der Waals surface area contributed by atoms with Crippen molar-refractivity contribution in [1.82, 2.24) is 0 Å². The first-order valence-electron chi connectivity index (χ1n) is 2.81. The smallest absolute Gasteiger partial charge is 0.253 e. The second kappa shape index (κ2) is 3.08. The zero-order valence-corrected chi connectivity index (χ0v) is 6.71. The standard InChI is InChI=1S/C7H5ClOS/c8-7(9)5-3-1-2-4-6(5)10/h1-3H,4H2. The molecule has 1 rings (SSSR count). The van der Waals surface area contributed by atoms with Crippen molar-refractivity contribution in [3.05, 3.63) is 23.8 Å². The normalized spacial score (nSPS) is 16.9. The number of halogens is 1. The molecular formula is C7H5ClOS. The molecule has 0 N–H and O–H groups in total. The Kier molecular flexibility index (Phi) is 2.35. The molecule has 0 spiro atoms. The van der Waals surface area contributed by atoms with Crippen molar-refractivity contribution in [2.45, 2.75) is 6.42 Å². The zero-order chi connectivity index (χ0) is 7.56. The molecule has 0 saturated heterocycles. The van der Waals surface area contributed by atoms with Gasteiger partial charge in [0.25, 0.3) is 5.24 Å². The fourth-order valence-corrected chi connectivity index (χ4v) is 1.21. The van der Waals surface area contributed by atoms with E-state index in [9.17, 15) is 4.79 Å². The highest BCUT2D eigenvalue weighted by atomic mass is 35.5. The van der Waals surface area contributed by atoms with E-state index in [1.54, 1.807) is 12.2 Å². The predicted octanol–water partition coefficient (Wildman–Crippen LogP) is 2.01. The molecule has 52 valence electrons. The number of thiocarbonyl (C=S) groups is 1. The maximum atomic E-state index is 10.6. The predicted molar refractivity (Wildman–Crippen MR) is 45.3 cm³/mol. The Balaban J connectivity index is 2.91. The third-order valence-electron chi connectivity index (χ3n) is 1.21. The first kappa shape index (κ1) is 7.63. The molecule has 0 unspecified atom stereocenters. The Morgan fingerprint density at radius 1 is 1.70 bits per heavy atom.